The molecule has 0 radical (unpaired) electrons. The van der Waals surface area contributed by atoms with Gasteiger partial charge in [-0.2, -0.15) is 5.10 Å². The van der Waals surface area contributed by atoms with E-state index in [9.17, 15) is 0 Å². The molecule has 2 aromatic rings. The monoisotopic (exact) mass is 231 g/mol. The maximum absolute atomic E-state index is 4.48. The van der Waals surface area contributed by atoms with Crippen molar-refractivity contribution in [3.8, 4) is 11.4 Å². The van der Waals surface area contributed by atoms with E-state index in [1.807, 2.05) is 16.8 Å². The average molecular weight is 231 g/mol. The number of nitrogens with one attached hydrogen (secondary N) is 1. The van der Waals surface area contributed by atoms with E-state index in [1.165, 1.54) is 0 Å². The van der Waals surface area contributed by atoms with Crippen LogP contribution in [0.15, 0.2) is 24.5 Å². The fourth-order valence-electron chi connectivity index (χ4n) is 1.63. The predicted octanol–water partition coefficient (Wildman–Crippen LogP) is 2.18. The van der Waals surface area contributed by atoms with Crippen LogP contribution in [0.5, 0.6) is 0 Å². The first kappa shape index (κ1) is 11.6. The lowest BCUT2D eigenvalue weighted by Gasteiger charge is -2.06. The van der Waals surface area contributed by atoms with Gasteiger partial charge in [-0.3, -0.25) is 4.68 Å². The standard InChI is InChI=1S/C12H17N5/c1-3-7-13-12-14-8-5-10(16-12)11-6-9-15-17(11)4-2/h5-6,8-9H,3-4,7H2,1-2H3,(H,13,14,16). The molecule has 0 bridgehead atoms. The third-order valence-electron chi connectivity index (χ3n) is 2.47. The minimum atomic E-state index is 0.674. The predicted molar refractivity (Wildman–Crippen MR) is 67.7 cm³/mol. The van der Waals surface area contributed by atoms with Gasteiger partial charge < -0.3 is 5.32 Å². The summed E-state index contributed by atoms with van der Waals surface area (Å²) in [6.45, 7) is 5.90. The van der Waals surface area contributed by atoms with Crippen molar-refractivity contribution in [3.63, 3.8) is 0 Å². The van der Waals surface area contributed by atoms with Gasteiger partial charge in [-0.05, 0) is 25.5 Å². The quantitative estimate of drug-likeness (QED) is 0.857. The number of anilines is 1. The van der Waals surface area contributed by atoms with Crippen molar-refractivity contribution in [2.24, 2.45) is 0 Å². The Bertz CT molecular complexity index is 477. The summed E-state index contributed by atoms with van der Waals surface area (Å²) < 4.78 is 1.92. The Hall–Kier alpha value is -1.91. The van der Waals surface area contributed by atoms with Crippen molar-refractivity contribution in [1.82, 2.24) is 19.7 Å². The molecule has 0 fully saturated rings. The highest BCUT2D eigenvalue weighted by Gasteiger charge is 2.06. The number of nitrogens with zero attached hydrogens (tertiary/aromatic N) is 4. The van der Waals surface area contributed by atoms with Crippen LogP contribution in [0.2, 0.25) is 0 Å². The second-order valence-electron chi connectivity index (χ2n) is 3.72. The van der Waals surface area contributed by atoms with Crippen LogP contribution in [0.4, 0.5) is 5.95 Å². The molecule has 0 spiro atoms. The first-order chi connectivity index (χ1) is 8.35. The Kier molecular flexibility index (Phi) is 3.69. The van der Waals surface area contributed by atoms with E-state index in [2.05, 4.69) is 34.2 Å². The molecule has 0 amide bonds. The third-order valence-corrected chi connectivity index (χ3v) is 2.47. The van der Waals surface area contributed by atoms with Gasteiger partial charge >= 0.3 is 0 Å². The molecule has 5 heteroatoms. The molecule has 0 saturated heterocycles. The van der Waals surface area contributed by atoms with Crippen LogP contribution in [0.3, 0.4) is 0 Å². The van der Waals surface area contributed by atoms with E-state index < -0.39 is 0 Å². The summed E-state index contributed by atoms with van der Waals surface area (Å²) in [5.41, 5.74) is 1.92. The van der Waals surface area contributed by atoms with Crippen LogP contribution >= 0.6 is 0 Å². The second kappa shape index (κ2) is 5.43. The summed E-state index contributed by atoms with van der Waals surface area (Å²) in [6.07, 6.45) is 4.62. The Morgan fingerprint density at radius 2 is 2.12 bits per heavy atom. The summed E-state index contributed by atoms with van der Waals surface area (Å²) in [6, 6.07) is 3.87. The number of hydrogen-bond donors (Lipinski definition) is 1. The van der Waals surface area contributed by atoms with E-state index in [4.69, 9.17) is 0 Å². The van der Waals surface area contributed by atoms with Crippen LogP contribution in [-0.4, -0.2) is 26.3 Å². The third kappa shape index (κ3) is 2.61. The molecule has 1 N–H and O–H groups in total. The first-order valence-electron chi connectivity index (χ1n) is 5.94. The second-order valence-corrected chi connectivity index (χ2v) is 3.72. The lowest BCUT2D eigenvalue weighted by molar-refractivity contribution is 0.665. The van der Waals surface area contributed by atoms with Gasteiger partial charge in [0.15, 0.2) is 0 Å². The van der Waals surface area contributed by atoms with Crippen LogP contribution in [0.25, 0.3) is 11.4 Å². The van der Waals surface area contributed by atoms with E-state index >= 15 is 0 Å². The highest BCUT2D eigenvalue weighted by atomic mass is 15.3. The zero-order chi connectivity index (χ0) is 12.1. The van der Waals surface area contributed by atoms with E-state index in [1.54, 1.807) is 12.4 Å². The maximum Gasteiger partial charge on any atom is 0.223 e. The van der Waals surface area contributed by atoms with E-state index in [0.29, 0.717) is 5.95 Å². The molecule has 2 aromatic heterocycles. The highest BCUT2D eigenvalue weighted by molar-refractivity contribution is 5.55. The summed E-state index contributed by atoms with van der Waals surface area (Å²) in [7, 11) is 0. The van der Waals surface area contributed by atoms with Crippen LogP contribution in [0, 0.1) is 0 Å². The van der Waals surface area contributed by atoms with Gasteiger partial charge in [0.1, 0.15) is 0 Å². The van der Waals surface area contributed by atoms with Crippen molar-refractivity contribution in [1.29, 1.82) is 0 Å². The van der Waals surface area contributed by atoms with Crippen LogP contribution in [-0.2, 0) is 6.54 Å². The van der Waals surface area contributed by atoms with Gasteiger partial charge in [-0.1, -0.05) is 6.92 Å². The largest absolute Gasteiger partial charge is 0.354 e. The fourth-order valence-corrected chi connectivity index (χ4v) is 1.63. The van der Waals surface area contributed by atoms with Crippen molar-refractivity contribution < 1.29 is 0 Å². The van der Waals surface area contributed by atoms with Gasteiger partial charge in [0, 0.05) is 25.5 Å². The van der Waals surface area contributed by atoms with Crippen molar-refractivity contribution in [2.45, 2.75) is 26.8 Å². The molecule has 0 saturated carbocycles. The molecule has 0 aromatic carbocycles. The van der Waals surface area contributed by atoms with Gasteiger partial charge in [-0.25, -0.2) is 9.97 Å². The minimum Gasteiger partial charge on any atom is -0.354 e. The van der Waals surface area contributed by atoms with Crippen molar-refractivity contribution >= 4 is 5.95 Å². The summed E-state index contributed by atoms with van der Waals surface area (Å²) in [5, 5.41) is 7.42. The molecule has 0 atom stereocenters. The molecule has 0 aliphatic heterocycles. The molecule has 17 heavy (non-hydrogen) atoms. The zero-order valence-electron chi connectivity index (χ0n) is 10.2. The normalized spacial score (nSPS) is 10.5. The topological polar surface area (TPSA) is 55.6 Å². The van der Waals surface area contributed by atoms with Gasteiger partial charge in [-0.15, -0.1) is 0 Å². The fraction of sp³-hybridized carbons (Fsp3) is 0.417. The highest BCUT2D eigenvalue weighted by Crippen LogP contribution is 2.16. The number of aryl methyl sites for hydroxylation is 1. The van der Waals surface area contributed by atoms with E-state index in [-0.39, 0.29) is 0 Å². The molecule has 0 aliphatic carbocycles. The molecular formula is C12H17N5. The number of rotatable bonds is 5. The lowest BCUT2D eigenvalue weighted by Crippen LogP contribution is -2.06. The van der Waals surface area contributed by atoms with Crippen molar-refractivity contribution in [3.05, 3.63) is 24.5 Å². The Morgan fingerprint density at radius 1 is 1.24 bits per heavy atom. The maximum atomic E-state index is 4.48. The molecule has 5 nitrogen and oxygen atoms in total. The number of aromatic nitrogens is 4. The lowest BCUT2D eigenvalue weighted by atomic mass is 10.3. The Morgan fingerprint density at radius 3 is 2.88 bits per heavy atom. The average Bonchev–Trinajstić information content (AvgIpc) is 2.85. The van der Waals surface area contributed by atoms with Crippen LogP contribution in [0.1, 0.15) is 20.3 Å². The molecule has 2 rings (SSSR count). The summed E-state index contributed by atoms with van der Waals surface area (Å²) in [4.78, 5) is 8.67. The molecule has 2 heterocycles. The van der Waals surface area contributed by atoms with Crippen molar-refractivity contribution in [2.75, 3.05) is 11.9 Å². The molecule has 90 valence electrons. The Labute approximate surface area is 101 Å². The number of hydrogen-bond acceptors (Lipinski definition) is 4. The minimum absolute atomic E-state index is 0.674. The smallest absolute Gasteiger partial charge is 0.223 e. The van der Waals surface area contributed by atoms with Gasteiger partial charge in [0.05, 0.1) is 11.4 Å². The van der Waals surface area contributed by atoms with Gasteiger partial charge in [0.2, 0.25) is 5.95 Å². The Balaban J connectivity index is 2.26. The summed E-state index contributed by atoms with van der Waals surface area (Å²) in [5.74, 6) is 0.674. The zero-order valence-corrected chi connectivity index (χ0v) is 10.2. The van der Waals surface area contributed by atoms with E-state index in [0.717, 1.165) is 30.9 Å². The molecular weight excluding hydrogens is 214 g/mol. The van der Waals surface area contributed by atoms with Gasteiger partial charge in [0.25, 0.3) is 0 Å². The summed E-state index contributed by atoms with van der Waals surface area (Å²) >= 11 is 0. The molecule has 0 aliphatic rings. The van der Waals surface area contributed by atoms with Crippen LogP contribution < -0.4 is 5.32 Å². The molecule has 0 unspecified atom stereocenters. The SMILES string of the molecule is CCCNc1nccc(-c2ccnn2CC)n1. The first-order valence-corrected chi connectivity index (χ1v) is 5.94.